The van der Waals surface area contributed by atoms with Crippen molar-refractivity contribution in [3.63, 3.8) is 0 Å². The van der Waals surface area contributed by atoms with E-state index in [0.717, 1.165) is 0 Å². The van der Waals surface area contributed by atoms with Crippen molar-refractivity contribution in [2.24, 2.45) is 0 Å². The number of nitrogens with one attached hydrogen (secondary N) is 2. The van der Waals surface area contributed by atoms with Gasteiger partial charge in [0.05, 0.1) is 11.0 Å². The van der Waals surface area contributed by atoms with Gasteiger partial charge >= 0.3 is 6.09 Å². The Bertz CT molecular complexity index is 356. The van der Waals surface area contributed by atoms with Gasteiger partial charge in [-0.1, -0.05) is 19.1 Å². The fourth-order valence-corrected chi connectivity index (χ4v) is 1.55. The number of hydrogen-bond acceptors (Lipinski definition) is 6. The first-order chi connectivity index (χ1) is 9.15. The normalized spacial score (nSPS) is 12.2. The van der Waals surface area contributed by atoms with Crippen molar-refractivity contribution < 1.29 is 19.5 Å². The summed E-state index contributed by atoms with van der Waals surface area (Å²) < 4.78 is 5.13. The van der Waals surface area contributed by atoms with Gasteiger partial charge in [-0.15, -0.1) is 10.1 Å². The maximum atomic E-state index is 11.6. The maximum Gasteiger partial charge on any atom is 0.408 e. The zero-order valence-electron chi connectivity index (χ0n) is 12.1. The number of alkyl carbamates (subject to hydrolysis) is 1. The summed E-state index contributed by atoms with van der Waals surface area (Å²) in [6, 6.07) is -0.393. The van der Waals surface area contributed by atoms with Crippen LogP contribution in [0.25, 0.3) is 0 Å². The molecule has 8 nitrogen and oxygen atoms in total. The summed E-state index contributed by atoms with van der Waals surface area (Å²) in [6.45, 7) is 7.21. The summed E-state index contributed by atoms with van der Waals surface area (Å²) in [4.78, 5) is 26.1. The first kappa shape index (κ1) is 18.4. The van der Waals surface area contributed by atoms with E-state index in [9.17, 15) is 14.9 Å². The van der Waals surface area contributed by atoms with Gasteiger partial charge in [-0.05, 0) is 27.2 Å². The molecule has 0 saturated carbocycles. The van der Waals surface area contributed by atoms with Gasteiger partial charge in [0.2, 0.25) is 0 Å². The van der Waals surface area contributed by atoms with E-state index in [1.807, 2.05) is 6.92 Å². The van der Waals surface area contributed by atoms with Gasteiger partial charge in [-0.25, -0.2) is 4.79 Å². The van der Waals surface area contributed by atoms with Gasteiger partial charge in [0.1, 0.15) is 12.2 Å². The molecule has 116 valence electrons. The Morgan fingerprint density at radius 3 is 2.50 bits per heavy atom. The van der Waals surface area contributed by atoms with Crippen LogP contribution in [0, 0.1) is 10.1 Å². The third-order valence-electron chi connectivity index (χ3n) is 2.01. The minimum atomic E-state index is -0.874. The summed E-state index contributed by atoms with van der Waals surface area (Å²) in [5, 5.41) is 14.5. The third-order valence-corrected chi connectivity index (χ3v) is 2.44. The summed E-state index contributed by atoms with van der Waals surface area (Å²) in [5.41, 5.74) is -0.586. The zero-order chi connectivity index (χ0) is 15.8. The second-order valence-corrected chi connectivity index (χ2v) is 5.39. The summed E-state index contributed by atoms with van der Waals surface area (Å²) >= 11 is 5.11. The Hall–Kier alpha value is -1.64. The van der Waals surface area contributed by atoms with E-state index in [1.54, 1.807) is 20.8 Å². The van der Waals surface area contributed by atoms with Gasteiger partial charge in [0, 0.05) is 6.54 Å². The monoisotopic (exact) mass is 307 g/mol. The van der Waals surface area contributed by atoms with Crippen molar-refractivity contribution >= 4 is 23.3 Å². The molecule has 0 radical (unpaired) electrons. The molecule has 0 aromatic carbocycles. The Balaban J connectivity index is 4.14. The second kappa shape index (κ2) is 8.51. The highest BCUT2D eigenvalue weighted by atomic mass is 32.1. The van der Waals surface area contributed by atoms with Gasteiger partial charge in [-0.2, -0.15) is 0 Å². The largest absolute Gasteiger partial charge is 0.444 e. The zero-order valence-corrected chi connectivity index (χ0v) is 12.9. The molecule has 9 heteroatoms. The van der Waals surface area contributed by atoms with E-state index >= 15 is 0 Å². The average Bonchev–Trinajstić information content (AvgIpc) is 2.28. The molecule has 20 heavy (non-hydrogen) atoms. The van der Waals surface area contributed by atoms with E-state index in [1.165, 1.54) is 0 Å². The van der Waals surface area contributed by atoms with Gasteiger partial charge in [0.15, 0.2) is 0 Å². The first-order valence-electron chi connectivity index (χ1n) is 6.20. The molecule has 0 saturated heterocycles. The van der Waals surface area contributed by atoms with Gasteiger partial charge in [0.25, 0.3) is 5.09 Å². The average molecular weight is 307 g/mol. The minimum absolute atomic E-state index is 0.115. The number of rotatable bonds is 7. The molecule has 2 N–H and O–H groups in total. The lowest BCUT2D eigenvalue weighted by Gasteiger charge is -2.23. The van der Waals surface area contributed by atoms with Crippen LogP contribution in [0.3, 0.4) is 0 Å². The molecule has 0 aliphatic rings. The molecule has 0 aromatic rings. The molecule has 0 bridgehead atoms. The Labute approximate surface area is 123 Å². The standard InChI is InChI=1S/C11H21N3O5S/c1-5-8(13-10(15)19-11(2,3)4)9(20)12-6-7-18-14(16)17/h8H,5-7H2,1-4H3,(H,12,20)(H,13,15)/t8-/m1/s1. The Kier molecular flexibility index (Phi) is 7.82. The third kappa shape index (κ3) is 9.31. The maximum absolute atomic E-state index is 11.6. The Morgan fingerprint density at radius 2 is 2.05 bits per heavy atom. The molecule has 0 unspecified atom stereocenters. The quantitative estimate of drug-likeness (QED) is 0.317. The fourth-order valence-electron chi connectivity index (χ4n) is 1.22. The second-order valence-electron chi connectivity index (χ2n) is 4.95. The predicted octanol–water partition coefficient (Wildman–Crippen LogP) is 1.41. The predicted molar refractivity (Wildman–Crippen MR) is 77.0 cm³/mol. The van der Waals surface area contributed by atoms with Crippen LogP contribution in [0.5, 0.6) is 0 Å². The minimum Gasteiger partial charge on any atom is -0.444 e. The fraction of sp³-hybridized carbons (Fsp3) is 0.818. The molecular formula is C11H21N3O5S. The topological polar surface area (TPSA) is 103 Å². The number of nitrogens with zero attached hydrogens (tertiary/aromatic N) is 1. The van der Waals surface area contributed by atoms with Crippen LogP contribution in [0.2, 0.25) is 0 Å². The van der Waals surface area contributed by atoms with Crippen molar-refractivity contribution in [1.82, 2.24) is 10.6 Å². The highest BCUT2D eigenvalue weighted by Crippen LogP contribution is 2.07. The highest BCUT2D eigenvalue weighted by molar-refractivity contribution is 7.80. The SMILES string of the molecule is CC[C@@H](NC(=O)OC(C)(C)C)C(=S)NCCO[N+](=O)[O-]. The van der Waals surface area contributed by atoms with Crippen LogP contribution >= 0.6 is 12.2 Å². The van der Waals surface area contributed by atoms with E-state index in [-0.39, 0.29) is 13.2 Å². The molecule has 1 atom stereocenters. The number of carbonyl (C=O) groups excluding carboxylic acids is 1. The lowest BCUT2D eigenvalue weighted by molar-refractivity contribution is -0.757. The summed E-state index contributed by atoms with van der Waals surface area (Å²) in [5.74, 6) is 0. The smallest absolute Gasteiger partial charge is 0.408 e. The van der Waals surface area contributed by atoms with Crippen LogP contribution in [0.15, 0.2) is 0 Å². The molecule has 0 fully saturated rings. The molecule has 0 aromatic heterocycles. The lowest BCUT2D eigenvalue weighted by Crippen LogP contribution is -2.47. The molecule has 0 spiro atoms. The number of ether oxygens (including phenoxy) is 1. The van der Waals surface area contributed by atoms with E-state index in [4.69, 9.17) is 17.0 Å². The van der Waals surface area contributed by atoms with Crippen LogP contribution in [-0.4, -0.2) is 41.0 Å². The Morgan fingerprint density at radius 1 is 1.45 bits per heavy atom. The highest BCUT2D eigenvalue weighted by Gasteiger charge is 2.20. The molecule has 0 rings (SSSR count). The molecule has 0 aliphatic heterocycles. The lowest BCUT2D eigenvalue weighted by atomic mass is 10.2. The van der Waals surface area contributed by atoms with Crippen molar-refractivity contribution in [3.8, 4) is 0 Å². The van der Waals surface area contributed by atoms with E-state index in [0.29, 0.717) is 11.4 Å². The van der Waals surface area contributed by atoms with Crippen LogP contribution in [0.1, 0.15) is 34.1 Å². The first-order valence-corrected chi connectivity index (χ1v) is 6.61. The van der Waals surface area contributed by atoms with Crippen molar-refractivity contribution in [1.29, 1.82) is 0 Å². The molecule has 0 aliphatic carbocycles. The molecule has 1 amide bonds. The summed E-state index contributed by atoms with van der Waals surface area (Å²) in [6.07, 6.45) is 0.0105. The van der Waals surface area contributed by atoms with Crippen LogP contribution in [-0.2, 0) is 9.57 Å². The van der Waals surface area contributed by atoms with Gasteiger partial charge in [-0.3, -0.25) is 0 Å². The van der Waals surface area contributed by atoms with Crippen molar-refractivity contribution in [2.75, 3.05) is 13.2 Å². The van der Waals surface area contributed by atoms with Crippen molar-refractivity contribution in [3.05, 3.63) is 10.1 Å². The summed E-state index contributed by atoms with van der Waals surface area (Å²) in [7, 11) is 0. The van der Waals surface area contributed by atoms with Crippen LogP contribution in [0.4, 0.5) is 4.79 Å². The number of amides is 1. The van der Waals surface area contributed by atoms with E-state index < -0.39 is 22.8 Å². The van der Waals surface area contributed by atoms with Crippen molar-refractivity contribution in [2.45, 2.75) is 45.8 Å². The molecular weight excluding hydrogens is 286 g/mol. The van der Waals surface area contributed by atoms with Gasteiger partial charge < -0.3 is 20.2 Å². The number of carbonyl (C=O) groups is 1. The number of hydrogen-bond donors (Lipinski definition) is 2. The number of thiocarbonyl (C=S) groups is 1. The van der Waals surface area contributed by atoms with Crippen LogP contribution < -0.4 is 10.6 Å². The molecule has 0 heterocycles. The van der Waals surface area contributed by atoms with E-state index in [2.05, 4.69) is 15.5 Å².